The number of hydrogen-bond acceptors (Lipinski definition) is 2. The number of benzene rings is 3. The monoisotopic (exact) mass is 694 g/mol. The van der Waals surface area contributed by atoms with Crippen molar-refractivity contribution in [2.75, 3.05) is 0 Å². The van der Waals surface area contributed by atoms with Gasteiger partial charge < -0.3 is 0 Å². The summed E-state index contributed by atoms with van der Waals surface area (Å²) in [5.41, 5.74) is 12.2. The van der Waals surface area contributed by atoms with E-state index >= 15 is 0 Å². The molecule has 2 aliphatic carbocycles. The molecular weight excluding hydrogens is 645 g/mol. The van der Waals surface area contributed by atoms with Crippen molar-refractivity contribution in [1.29, 1.82) is 5.41 Å². The number of hydrogen-bond donors (Lipinski definition) is 1. The second-order valence-corrected chi connectivity index (χ2v) is 14.1. The topological polar surface area (TPSA) is 61.5 Å². The van der Waals surface area contributed by atoms with Crippen LogP contribution in [0.5, 0.6) is 0 Å². The molecule has 1 N–H and O–H groups in total. The third-order valence-corrected chi connectivity index (χ3v) is 9.93. The lowest BCUT2D eigenvalue weighted by atomic mass is 9.81. The first kappa shape index (κ1) is 37.0. The van der Waals surface area contributed by atoms with E-state index in [9.17, 15) is 0 Å². The molecule has 0 saturated heterocycles. The van der Waals surface area contributed by atoms with Gasteiger partial charge in [-0.1, -0.05) is 146 Å². The second kappa shape index (κ2) is 18.1. The van der Waals surface area contributed by atoms with Crippen molar-refractivity contribution in [3.8, 4) is 22.3 Å². The number of nitrogens with zero attached hydrogens (tertiary/aromatic N) is 3. The summed E-state index contributed by atoms with van der Waals surface area (Å²) in [4.78, 5) is 14.8. The Morgan fingerprint density at radius 3 is 2.30 bits per heavy atom. The maximum absolute atomic E-state index is 8.92. The molecule has 53 heavy (non-hydrogen) atoms. The Morgan fingerprint density at radius 2 is 1.60 bits per heavy atom. The zero-order valence-corrected chi connectivity index (χ0v) is 31.3. The summed E-state index contributed by atoms with van der Waals surface area (Å²) in [6.07, 6.45) is 22.6. The van der Waals surface area contributed by atoms with E-state index in [1.54, 1.807) is 0 Å². The standard InChI is InChI=1S/C49H50N4/c1-5-16-45-32-44(41-27-25-40(26-28-41)39-20-11-8-12-21-39)33-46(52-45)30-35(3)29-38(6-2)42-22-15-23-43(31-42)49(51-34-37-18-9-7-10-19-37)53-48(50)47-24-14-13-17-36(47)4/h6-12,14-15,18-21,23-28,30-34,38,42,50H,2,5,13,16-17,22,29H2,1,3-4H3/b35-30+,50-48?,51-34+,53-49-/t38?,42-/m0/s1. The minimum atomic E-state index is 0.208. The maximum atomic E-state index is 8.92. The number of allylic oxidation sites excluding steroid dienone is 6. The summed E-state index contributed by atoms with van der Waals surface area (Å²) in [7, 11) is 0. The average molecular weight is 695 g/mol. The molecule has 1 unspecified atom stereocenters. The Morgan fingerprint density at radius 1 is 0.906 bits per heavy atom. The van der Waals surface area contributed by atoms with Crippen LogP contribution in [0.4, 0.5) is 0 Å². The van der Waals surface area contributed by atoms with Crippen LogP contribution in [0.2, 0.25) is 0 Å². The second-order valence-electron chi connectivity index (χ2n) is 14.1. The van der Waals surface area contributed by atoms with Crippen molar-refractivity contribution in [1.82, 2.24) is 4.98 Å². The van der Waals surface area contributed by atoms with Gasteiger partial charge in [-0.05, 0) is 104 Å². The van der Waals surface area contributed by atoms with E-state index in [1.165, 1.54) is 33.4 Å². The summed E-state index contributed by atoms with van der Waals surface area (Å²) in [6.45, 7) is 10.8. The number of amidine groups is 2. The van der Waals surface area contributed by atoms with Crippen molar-refractivity contribution in [2.24, 2.45) is 21.8 Å². The summed E-state index contributed by atoms with van der Waals surface area (Å²) in [5.74, 6) is 1.23. The van der Waals surface area contributed by atoms with Crippen molar-refractivity contribution in [2.45, 2.75) is 59.3 Å². The zero-order valence-electron chi connectivity index (χ0n) is 31.3. The van der Waals surface area contributed by atoms with Crippen molar-refractivity contribution in [3.63, 3.8) is 0 Å². The first-order valence-corrected chi connectivity index (χ1v) is 18.9. The van der Waals surface area contributed by atoms with Gasteiger partial charge in [0.05, 0.1) is 5.69 Å². The average Bonchev–Trinajstić information content (AvgIpc) is 3.19. The molecule has 4 heteroatoms. The molecule has 0 aliphatic heterocycles. The van der Waals surface area contributed by atoms with Crippen LogP contribution >= 0.6 is 0 Å². The lowest BCUT2D eigenvalue weighted by Crippen LogP contribution is -2.16. The van der Waals surface area contributed by atoms with Crippen LogP contribution in [0.3, 0.4) is 0 Å². The van der Waals surface area contributed by atoms with Crippen molar-refractivity contribution >= 4 is 24.0 Å². The van der Waals surface area contributed by atoms with E-state index in [4.69, 9.17) is 20.4 Å². The quantitative estimate of drug-likeness (QED) is 0.0895. The molecular formula is C49H50N4. The van der Waals surface area contributed by atoms with Crippen molar-refractivity contribution < 1.29 is 0 Å². The molecule has 1 heterocycles. The van der Waals surface area contributed by atoms with Gasteiger partial charge in [-0.15, -0.1) is 6.58 Å². The van der Waals surface area contributed by atoms with Gasteiger partial charge in [-0.2, -0.15) is 0 Å². The van der Waals surface area contributed by atoms with Crippen LogP contribution in [0.15, 0.2) is 172 Å². The Bertz CT molecular complexity index is 2120. The number of aromatic nitrogens is 1. The molecule has 4 aromatic rings. The highest BCUT2D eigenvalue weighted by Crippen LogP contribution is 2.32. The van der Waals surface area contributed by atoms with Crippen LogP contribution < -0.4 is 0 Å². The number of rotatable bonds is 12. The molecule has 2 aliphatic rings. The highest BCUT2D eigenvalue weighted by Gasteiger charge is 2.21. The lowest BCUT2D eigenvalue weighted by Gasteiger charge is -2.24. The lowest BCUT2D eigenvalue weighted by molar-refractivity contribution is 0.472. The molecule has 0 bridgehead atoms. The molecule has 0 radical (unpaired) electrons. The molecule has 4 nitrogen and oxygen atoms in total. The van der Waals surface area contributed by atoms with Crippen LogP contribution in [-0.4, -0.2) is 22.9 Å². The maximum Gasteiger partial charge on any atom is 0.161 e. The van der Waals surface area contributed by atoms with E-state index < -0.39 is 0 Å². The highest BCUT2D eigenvalue weighted by molar-refractivity contribution is 6.15. The van der Waals surface area contributed by atoms with Gasteiger partial charge in [0, 0.05) is 23.1 Å². The fourth-order valence-corrected chi connectivity index (χ4v) is 7.04. The molecule has 0 fully saturated rings. The van der Waals surface area contributed by atoms with Gasteiger partial charge in [-0.25, -0.2) is 9.98 Å². The molecule has 266 valence electrons. The highest BCUT2D eigenvalue weighted by atomic mass is 15.0. The molecule has 0 saturated carbocycles. The smallest absolute Gasteiger partial charge is 0.161 e. The first-order valence-electron chi connectivity index (χ1n) is 18.9. The fourth-order valence-electron chi connectivity index (χ4n) is 7.04. The molecule has 3 aromatic carbocycles. The summed E-state index contributed by atoms with van der Waals surface area (Å²) in [5, 5.41) is 8.92. The SMILES string of the molecule is C=CC(C/C(C)=C/c1cc(-c2ccc(-c3ccccc3)cc2)cc(CCC)n1)[C@@H]1C=C(C(=N/C(=N)C2=C(C)CCC=C2)/N=C/c2ccccc2)C=CC1. The minimum Gasteiger partial charge on any atom is -0.282 e. The van der Waals surface area contributed by atoms with E-state index in [-0.39, 0.29) is 17.7 Å². The normalized spacial score (nSPS) is 16.9. The van der Waals surface area contributed by atoms with E-state index in [0.29, 0.717) is 5.84 Å². The van der Waals surface area contributed by atoms with Crippen LogP contribution in [0, 0.1) is 17.2 Å². The Labute approximate surface area is 316 Å². The van der Waals surface area contributed by atoms with E-state index in [1.807, 2.05) is 42.6 Å². The Hall–Kier alpha value is -5.74. The largest absolute Gasteiger partial charge is 0.282 e. The van der Waals surface area contributed by atoms with Crippen LogP contribution in [0.25, 0.3) is 28.3 Å². The van der Waals surface area contributed by atoms with Gasteiger partial charge in [0.15, 0.2) is 11.7 Å². The van der Waals surface area contributed by atoms with Gasteiger partial charge in [0.1, 0.15) is 0 Å². The van der Waals surface area contributed by atoms with E-state index in [0.717, 1.165) is 66.6 Å². The van der Waals surface area contributed by atoms with Crippen LogP contribution in [0.1, 0.15) is 69.8 Å². The predicted octanol–water partition coefficient (Wildman–Crippen LogP) is 12.6. The molecule has 2 atom stereocenters. The van der Waals surface area contributed by atoms with Gasteiger partial charge in [0.2, 0.25) is 0 Å². The zero-order chi connectivity index (χ0) is 37.0. The first-order chi connectivity index (χ1) is 25.9. The van der Waals surface area contributed by atoms with Crippen LogP contribution in [-0.2, 0) is 6.42 Å². The Balaban J connectivity index is 1.24. The van der Waals surface area contributed by atoms with Crippen molar-refractivity contribution in [3.05, 3.63) is 179 Å². The minimum absolute atomic E-state index is 0.208. The molecule has 1 aromatic heterocycles. The number of pyridine rings is 1. The summed E-state index contributed by atoms with van der Waals surface area (Å²) >= 11 is 0. The van der Waals surface area contributed by atoms with E-state index in [2.05, 4.69) is 131 Å². The fraction of sp³-hybridized carbons (Fsp3) is 0.224. The number of aliphatic imine (C=N–C) groups is 2. The Kier molecular flexibility index (Phi) is 12.7. The van der Waals surface area contributed by atoms with Gasteiger partial charge in [0.25, 0.3) is 0 Å². The van der Waals surface area contributed by atoms with Gasteiger partial charge >= 0.3 is 0 Å². The number of aryl methyl sites for hydroxylation is 1. The third-order valence-electron chi connectivity index (χ3n) is 9.93. The molecule has 6 rings (SSSR count). The molecule has 0 amide bonds. The van der Waals surface area contributed by atoms with Gasteiger partial charge in [-0.3, -0.25) is 10.4 Å². The summed E-state index contributed by atoms with van der Waals surface area (Å²) < 4.78 is 0. The molecule has 0 spiro atoms. The number of nitrogens with one attached hydrogen (secondary N) is 1. The predicted molar refractivity (Wildman–Crippen MR) is 227 cm³/mol. The third kappa shape index (κ3) is 9.99. The summed E-state index contributed by atoms with van der Waals surface area (Å²) in [6, 6.07) is 33.9.